The fraction of sp³-hybridized carbons (Fsp3) is 0.933. The van der Waals surface area contributed by atoms with Gasteiger partial charge in [0.2, 0.25) is 5.91 Å². The molecule has 0 aliphatic carbocycles. The van der Waals surface area contributed by atoms with Gasteiger partial charge >= 0.3 is 0 Å². The lowest BCUT2D eigenvalue weighted by molar-refractivity contribution is -0.123. The molecule has 20 heavy (non-hydrogen) atoms. The summed E-state index contributed by atoms with van der Waals surface area (Å²) in [6.45, 7) is 3.98. The van der Waals surface area contributed by atoms with E-state index < -0.39 is 0 Å². The van der Waals surface area contributed by atoms with Crippen LogP contribution in [0.15, 0.2) is 0 Å². The maximum atomic E-state index is 11.7. The van der Waals surface area contributed by atoms with Crippen LogP contribution in [0.3, 0.4) is 0 Å². The molecule has 0 radical (unpaired) electrons. The third-order valence-corrected chi connectivity index (χ3v) is 4.34. The van der Waals surface area contributed by atoms with Crippen LogP contribution in [0.1, 0.15) is 44.9 Å². The number of hydrogen-bond acceptors (Lipinski definition) is 4. The predicted molar refractivity (Wildman–Crippen MR) is 77.5 cm³/mol. The second-order valence-corrected chi connectivity index (χ2v) is 5.91. The van der Waals surface area contributed by atoms with Crippen molar-refractivity contribution in [2.45, 2.75) is 57.1 Å². The summed E-state index contributed by atoms with van der Waals surface area (Å²) in [4.78, 5) is 14.1. The maximum Gasteiger partial charge on any atom is 0.222 e. The molecule has 116 valence electrons. The fourth-order valence-corrected chi connectivity index (χ4v) is 3.15. The zero-order valence-electron chi connectivity index (χ0n) is 12.4. The highest BCUT2D eigenvalue weighted by atomic mass is 16.5. The number of nitrogens with one attached hydrogen (secondary N) is 1. The number of amides is 1. The van der Waals surface area contributed by atoms with Crippen molar-refractivity contribution in [1.29, 1.82) is 0 Å². The van der Waals surface area contributed by atoms with Crippen molar-refractivity contribution in [3.63, 3.8) is 0 Å². The lowest BCUT2D eigenvalue weighted by Gasteiger charge is -2.22. The Hall–Kier alpha value is -0.650. The standard InChI is InChI=1S/C15H28N2O3/c18-12-13-5-3-9-17(13)8-2-1-7-16-15(19)11-14-6-4-10-20-14/h13-14,18H,1-12H2,(H,16,19). The highest BCUT2D eigenvalue weighted by Crippen LogP contribution is 2.17. The first-order valence-electron chi connectivity index (χ1n) is 8.03. The van der Waals surface area contributed by atoms with Crippen molar-refractivity contribution in [2.24, 2.45) is 0 Å². The van der Waals surface area contributed by atoms with Crippen LogP contribution in [-0.4, -0.2) is 60.9 Å². The van der Waals surface area contributed by atoms with Crippen molar-refractivity contribution in [1.82, 2.24) is 10.2 Å². The number of carbonyl (C=O) groups excluding carboxylic acids is 1. The van der Waals surface area contributed by atoms with E-state index in [0.29, 0.717) is 12.5 Å². The smallest absolute Gasteiger partial charge is 0.222 e. The first kappa shape index (κ1) is 15.7. The summed E-state index contributed by atoms with van der Waals surface area (Å²) < 4.78 is 5.45. The summed E-state index contributed by atoms with van der Waals surface area (Å²) in [5.41, 5.74) is 0. The molecule has 0 aromatic carbocycles. The van der Waals surface area contributed by atoms with Gasteiger partial charge in [-0.1, -0.05) is 0 Å². The number of aliphatic hydroxyl groups excluding tert-OH is 1. The topological polar surface area (TPSA) is 61.8 Å². The number of carbonyl (C=O) groups is 1. The van der Waals surface area contributed by atoms with E-state index in [1.165, 1.54) is 6.42 Å². The molecule has 2 fully saturated rings. The quantitative estimate of drug-likeness (QED) is 0.650. The van der Waals surface area contributed by atoms with Crippen LogP contribution >= 0.6 is 0 Å². The normalized spacial score (nSPS) is 27.1. The van der Waals surface area contributed by atoms with Crippen LogP contribution in [-0.2, 0) is 9.53 Å². The van der Waals surface area contributed by atoms with Crippen LogP contribution in [0, 0.1) is 0 Å². The lowest BCUT2D eigenvalue weighted by Crippen LogP contribution is -2.33. The molecule has 2 unspecified atom stereocenters. The average molecular weight is 284 g/mol. The third kappa shape index (κ3) is 5.04. The molecule has 5 nitrogen and oxygen atoms in total. The molecule has 0 aromatic heterocycles. The van der Waals surface area contributed by atoms with Crippen LogP contribution in [0.5, 0.6) is 0 Å². The van der Waals surface area contributed by atoms with Crippen molar-refractivity contribution < 1.29 is 14.6 Å². The predicted octanol–water partition coefficient (Wildman–Crippen LogP) is 0.909. The van der Waals surface area contributed by atoms with E-state index in [4.69, 9.17) is 4.74 Å². The van der Waals surface area contributed by atoms with Gasteiger partial charge in [-0.3, -0.25) is 9.69 Å². The van der Waals surface area contributed by atoms with Gasteiger partial charge in [0.15, 0.2) is 0 Å². The zero-order chi connectivity index (χ0) is 14.2. The minimum atomic E-state index is 0.117. The molecule has 2 atom stereocenters. The Bertz CT molecular complexity index is 293. The Balaban J connectivity index is 1.47. The van der Waals surface area contributed by atoms with Crippen LogP contribution in [0.25, 0.3) is 0 Å². The van der Waals surface area contributed by atoms with E-state index >= 15 is 0 Å². The summed E-state index contributed by atoms with van der Waals surface area (Å²) in [6, 6.07) is 0.365. The zero-order valence-corrected chi connectivity index (χ0v) is 12.4. The Morgan fingerprint density at radius 3 is 2.95 bits per heavy atom. The molecule has 2 N–H and O–H groups in total. The highest BCUT2D eigenvalue weighted by Gasteiger charge is 2.22. The molecule has 2 rings (SSSR count). The number of hydrogen-bond donors (Lipinski definition) is 2. The monoisotopic (exact) mass is 284 g/mol. The number of rotatable bonds is 8. The molecule has 5 heteroatoms. The van der Waals surface area contributed by atoms with Crippen molar-refractivity contribution in [3.05, 3.63) is 0 Å². The maximum absolute atomic E-state index is 11.7. The van der Waals surface area contributed by atoms with Crippen LogP contribution in [0.2, 0.25) is 0 Å². The van der Waals surface area contributed by atoms with Gasteiger partial charge in [0.25, 0.3) is 0 Å². The van der Waals surface area contributed by atoms with E-state index in [-0.39, 0.29) is 18.6 Å². The molecular formula is C15H28N2O3. The van der Waals surface area contributed by atoms with Crippen LogP contribution in [0.4, 0.5) is 0 Å². The number of ether oxygens (including phenoxy) is 1. The molecule has 0 bridgehead atoms. The van der Waals surface area contributed by atoms with E-state index in [1.54, 1.807) is 0 Å². The highest BCUT2D eigenvalue weighted by molar-refractivity contribution is 5.76. The summed E-state index contributed by atoms with van der Waals surface area (Å²) in [5, 5.41) is 12.2. The van der Waals surface area contributed by atoms with Gasteiger partial charge in [0.1, 0.15) is 0 Å². The van der Waals surface area contributed by atoms with Gasteiger partial charge < -0.3 is 15.2 Å². The Labute approximate surface area is 121 Å². The Morgan fingerprint density at radius 1 is 1.30 bits per heavy atom. The number of aliphatic hydroxyl groups is 1. The van der Waals surface area contributed by atoms with Crippen molar-refractivity contribution in [2.75, 3.05) is 32.8 Å². The van der Waals surface area contributed by atoms with Gasteiger partial charge in [0, 0.05) is 19.2 Å². The van der Waals surface area contributed by atoms with Crippen molar-refractivity contribution >= 4 is 5.91 Å². The van der Waals surface area contributed by atoms with E-state index in [0.717, 1.165) is 58.3 Å². The molecule has 0 spiro atoms. The molecule has 0 saturated carbocycles. The van der Waals surface area contributed by atoms with Gasteiger partial charge in [-0.2, -0.15) is 0 Å². The second-order valence-electron chi connectivity index (χ2n) is 5.91. The van der Waals surface area contributed by atoms with Gasteiger partial charge in [-0.15, -0.1) is 0 Å². The van der Waals surface area contributed by atoms with E-state index in [9.17, 15) is 9.90 Å². The van der Waals surface area contributed by atoms with Gasteiger partial charge in [-0.25, -0.2) is 0 Å². The molecule has 2 aliphatic heterocycles. The number of likely N-dealkylation sites (tertiary alicyclic amines) is 1. The first-order chi connectivity index (χ1) is 9.79. The molecule has 0 aromatic rings. The minimum absolute atomic E-state index is 0.117. The van der Waals surface area contributed by atoms with Gasteiger partial charge in [0.05, 0.1) is 19.1 Å². The SMILES string of the molecule is O=C(CC1CCCO1)NCCCCN1CCCC1CO. The van der Waals surface area contributed by atoms with Crippen LogP contribution < -0.4 is 5.32 Å². The lowest BCUT2D eigenvalue weighted by atomic mass is 10.2. The average Bonchev–Trinajstić information content (AvgIpc) is 3.09. The van der Waals surface area contributed by atoms with E-state index in [2.05, 4.69) is 10.2 Å². The molecule has 1 amide bonds. The third-order valence-electron chi connectivity index (χ3n) is 4.34. The molecular weight excluding hydrogens is 256 g/mol. The number of nitrogens with zero attached hydrogens (tertiary/aromatic N) is 1. The molecule has 2 saturated heterocycles. The molecule has 2 heterocycles. The molecule has 2 aliphatic rings. The summed E-state index contributed by atoms with van der Waals surface area (Å²) in [5.74, 6) is 0.117. The van der Waals surface area contributed by atoms with E-state index in [1.807, 2.05) is 0 Å². The Morgan fingerprint density at radius 2 is 2.20 bits per heavy atom. The summed E-state index contributed by atoms with van der Waals surface area (Å²) in [7, 11) is 0. The second kappa shape index (κ2) is 8.60. The largest absolute Gasteiger partial charge is 0.395 e. The number of unbranched alkanes of at least 4 members (excludes halogenated alkanes) is 1. The fourth-order valence-electron chi connectivity index (χ4n) is 3.15. The Kier molecular flexibility index (Phi) is 6.76. The summed E-state index contributed by atoms with van der Waals surface area (Å²) >= 11 is 0. The van der Waals surface area contributed by atoms with Crippen molar-refractivity contribution in [3.8, 4) is 0 Å². The van der Waals surface area contributed by atoms with Gasteiger partial charge in [-0.05, 0) is 51.6 Å². The first-order valence-corrected chi connectivity index (χ1v) is 8.03. The summed E-state index contributed by atoms with van der Waals surface area (Å²) in [6.07, 6.45) is 7.16. The minimum Gasteiger partial charge on any atom is -0.395 e.